The van der Waals surface area contributed by atoms with Crippen LogP contribution in [0, 0.1) is 0 Å². The van der Waals surface area contributed by atoms with Gasteiger partial charge in [-0.1, -0.05) is 25.1 Å². The van der Waals surface area contributed by atoms with Gasteiger partial charge in [0, 0.05) is 18.1 Å². The first-order valence-electron chi connectivity index (χ1n) is 4.97. The fourth-order valence-corrected chi connectivity index (χ4v) is 2.08. The first kappa shape index (κ1) is 9.53. The molecule has 1 atom stereocenters. The Hall–Kier alpha value is -1.02. The summed E-state index contributed by atoms with van der Waals surface area (Å²) in [5, 5.41) is 0. The van der Waals surface area contributed by atoms with Crippen molar-refractivity contribution in [1.29, 1.82) is 0 Å². The predicted molar refractivity (Wildman–Crippen MR) is 55.8 cm³/mol. The van der Waals surface area contributed by atoms with Crippen LogP contribution in [-0.2, 0) is 10.2 Å². The first-order valence-corrected chi connectivity index (χ1v) is 4.97. The zero-order chi connectivity index (χ0) is 10.0. The number of rotatable bonds is 2. The Kier molecular flexibility index (Phi) is 2.46. The number of hydrogen-bond acceptors (Lipinski definition) is 2. The quantitative estimate of drug-likeness (QED) is 0.716. The third-order valence-electron chi connectivity index (χ3n) is 2.91. The smallest absolute Gasteiger partial charge is 0.123 e. The normalized spacial score (nSPS) is 25.3. The highest BCUT2D eigenvalue weighted by Crippen LogP contribution is 2.38. The van der Waals surface area contributed by atoms with Crippen molar-refractivity contribution in [3.05, 3.63) is 29.8 Å². The Bertz CT molecular complexity index is 322. The molecule has 2 heteroatoms. The summed E-state index contributed by atoms with van der Waals surface area (Å²) in [4.78, 5) is 0. The van der Waals surface area contributed by atoms with E-state index in [9.17, 15) is 0 Å². The number of methoxy groups -OCH3 is 1. The van der Waals surface area contributed by atoms with Crippen molar-refractivity contribution >= 4 is 0 Å². The summed E-state index contributed by atoms with van der Waals surface area (Å²) in [5.74, 6) is 1.01. The van der Waals surface area contributed by atoms with Gasteiger partial charge >= 0.3 is 0 Å². The summed E-state index contributed by atoms with van der Waals surface area (Å²) in [6.07, 6.45) is 1.03. The molecule has 76 valence electrons. The zero-order valence-electron chi connectivity index (χ0n) is 8.75. The molecule has 0 N–H and O–H groups in total. The van der Waals surface area contributed by atoms with Crippen LogP contribution in [0.25, 0.3) is 0 Å². The van der Waals surface area contributed by atoms with E-state index in [4.69, 9.17) is 9.47 Å². The van der Waals surface area contributed by atoms with Crippen molar-refractivity contribution in [2.75, 3.05) is 20.3 Å². The van der Waals surface area contributed by atoms with E-state index in [1.807, 2.05) is 12.1 Å². The van der Waals surface area contributed by atoms with Crippen LogP contribution in [0.5, 0.6) is 5.75 Å². The number of para-hydroxylation sites is 1. The standard InChI is InChI=1S/C12H16O2/c1-12(9-13-2)7-8-14-11-6-4-3-5-10(11)12/h3-6H,7-9H2,1-2H3. The van der Waals surface area contributed by atoms with E-state index in [1.54, 1.807) is 7.11 Å². The van der Waals surface area contributed by atoms with Gasteiger partial charge in [-0.05, 0) is 12.5 Å². The van der Waals surface area contributed by atoms with Crippen LogP contribution >= 0.6 is 0 Å². The van der Waals surface area contributed by atoms with Crippen molar-refractivity contribution in [3.63, 3.8) is 0 Å². The Morgan fingerprint density at radius 1 is 1.43 bits per heavy atom. The molecule has 1 aromatic rings. The molecule has 1 unspecified atom stereocenters. The van der Waals surface area contributed by atoms with E-state index < -0.39 is 0 Å². The summed E-state index contributed by atoms with van der Waals surface area (Å²) >= 11 is 0. The monoisotopic (exact) mass is 192 g/mol. The Balaban J connectivity index is 2.39. The summed E-state index contributed by atoms with van der Waals surface area (Å²) in [6.45, 7) is 3.78. The molecule has 0 bridgehead atoms. The molecular weight excluding hydrogens is 176 g/mol. The van der Waals surface area contributed by atoms with E-state index in [0.29, 0.717) is 0 Å². The summed E-state index contributed by atoms with van der Waals surface area (Å²) in [5.41, 5.74) is 1.39. The summed E-state index contributed by atoms with van der Waals surface area (Å²) in [7, 11) is 1.75. The fraction of sp³-hybridized carbons (Fsp3) is 0.500. The van der Waals surface area contributed by atoms with Gasteiger partial charge in [0.25, 0.3) is 0 Å². The van der Waals surface area contributed by atoms with Crippen LogP contribution in [0.2, 0.25) is 0 Å². The van der Waals surface area contributed by atoms with Crippen LogP contribution in [0.3, 0.4) is 0 Å². The van der Waals surface area contributed by atoms with Crippen LogP contribution in [0.4, 0.5) is 0 Å². The average Bonchev–Trinajstić information content (AvgIpc) is 2.19. The molecule has 0 fully saturated rings. The van der Waals surface area contributed by atoms with Gasteiger partial charge in [-0.3, -0.25) is 0 Å². The second kappa shape index (κ2) is 3.62. The van der Waals surface area contributed by atoms with Crippen molar-refractivity contribution in [2.45, 2.75) is 18.8 Å². The fourth-order valence-electron chi connectivity index (χ4n) is 2.08. The van der Waals surface area contributed by atoms with Crippen LogP contribution in [0.1, 0.15) is 18.9 Å². The van der Waals surface area contributed by atoms with E-state index in [-0.39, 0.29) is 5.41 Å². The molecule has 1 heterocycles. The van der Waals surface area contributed by atoms with Crippen LogP contribution in [0.15, 0.2) is 24.3 Å². The molecule has 2 nitrogen and oxygen atoms in total. The maximum absolute atomic E-state index is 5.61. The van der Waals surface area contributed by atoms with Gasteiger partial charge in [0.15, 0.2) is 0 Å². The molecule has 0 radical (unpaired) electrons. The molecule has 0 spiro atoms. The maximum atomic E-state index is 5.61. The largest absolute Gasteiger partial charge is 0.493 e. The third-order valence-corrected chi connectivity index (χ3v) is 2.91. The molecule has 1 aromatic carbocycles. The lowest BCUT2D eigenvalue weighted by atomic mass is 9.78. The van der Waals surface area contributed by atoms with Gasteiger partial charge in [-0.15, -0.1) is 0 Å². The lowest BCUT2D eigenvalue weighted by Crippen LogP contribution is -2.34. The molecule has 0 aromatic heterocycles. The van der Waals surface area contributed by atoms with Gasteiger partial charge in [0.2, 0.25) is 0 Å². The Morgan fingerprint density at radius 3 is 3.00 bits per heavy atom. The van der Waals surface area contributed by atoms with Gasteiger partial charge < -0.3 is 9.47 Å². The summed E-state index contributed by atoms with van der Waals surface area (Å²) < 4.78 is 10.9. The average molecular weight is 192 g/mol. The molecule has 0 amide bonds. The SMILES string of the molecule is COCC1(C)CCOc2ccccc21. The lowest BCUT2D eigenvalue weighted by molar-refractivity contribution is 0.106. The molecule has 0 aliphatic carbocycles. The predicted octanol–water partition coefficient (Wildman–Crippen LogP) is 2.37. The van der Waals surface area contributed by atoms with Crippen molar-refractivity contribution in [2.24, 2.45) is 0 Å². The van der Waals surface area contributed by atoms with Crippen molar-refractivity contribution in [1.82, 2.24) is 0 Å². The van der Waals surface area contributed by atoms with E-state index >= 15 is 0 Å². The minimum atomic E-state index is 0.115. The molecule has 1 aliphatic rings. The molecule has 1 aliphatic heterocycles. The molecule has 2 rings (SSSR count). The Morgan fingerprint density at radius 2 is 2.21 bits per heavy atom. The highest BCUT2D eigenvalue weighted by molar-refractivity contribution is 5.40. The van der Waals surface area contributed by atoms with E-state index in [2.05, 4.69) is 19.1 Å². The highest BCUT2D eigenvalue weighted by atomic mass is 16.5. The topological polar surface area (TPSA) is 18.5 Å². The zero-order valence-corrected chi connectivity index (χ0v) is 8.75. The second-order valence-corrected chi connectivity index (χ2v) is 4.09. The summed E-state index contributed by atoms with van der Waals surface area (Å²) in [6, 6.07) is 8.23. The third kappa shape index (κ3) is 1.50. The van der Waals surface area contributed by atoms with Gasteiger partial charge in [-0.25, -0.2) is 0 Å². The second-order valence-electron chi connectivity index (χ2n) is 4.09. The van der Waals surface area contributed by atoms with Gasteiger partial charge in [0.05, 0.1) is 13.2 Å². The number of hydrogen-bond donors (Lipinski definition) is 0. The molecule has 0 saturated carbocycles. The minimum absolute atomic E-state index is 0.115. The number of ether oxygens (including phenoxy) is 2. The van der Waals surface area contributed by atoms with Gasteiger partial charge in [-0.2, -0.15) is 0 Å². The first-order chi connectivity index (χ1) is 6.76. The van der Waals surface area contributed by atoms with Crippen molar-refractivity contribution < 1.29 is 9.47 Å². The van der Waals surface area contributed by atoms with Crippen molar-refractivity contribution in [3.8, 4) is 5.75 Å². The number of benzene rings is 1. The minimum Gasteiger partial charge on any atom is -0.493 e. The van der Waals surface area contributed by atoms with Gasteiger partial charge in [0.1, 0.15) is 5.75 Å². The highest BCUT2D eigenvalue weighted by Gasteiger charge is 2.32. The maximum Gasteiger partial charge on any atom is 0.123 e. The van der Waals surface area contributed by atoms with E-state index in [0.717, 1.165) is 25.4 Å². The van der Waals surface area contributed by atoms with Crippen LogP contribution in [-0.4, -0.2) is 20.3 Å². The Labute approximate surface area is 84.8 Å². The molecule has 0 saturated heterocycles. The number of fused-ring (bicyclic) bond motifs is 1. The van der Waals surface area contributed by atoms with Crippen LogP contribution < -0.4 is 4.74 Å². The molecular formula is C12H16O2. The molecule has 14 heavy (non-hydrogen) atoms. The van der Waals surface area contributed by atoms with E-state index in [1.165, 1.54) is 5.56 Å². The lowest BCUT2D eigenvalue weighted by Gasteiger charge is -2.35.